The second-order valence-corrected chi connectivity index (χ2v) is 11.4. The monoisotopic (exact) mass is 458 g/mol. The van der Waals surface area contributed by atoms with E-state index in [2.05, 4.69) is 37.0 Å². The van der Waals surface area contributed by atoms with Crippen molar-refractivity contribution < 1.29 is 9.21 Å². The van der Waals surface area contributed by atoms with Gasteiger partial charge in [0.1, 0.15) is 5.76 Å². The van der Waals surface area contributed by atoms with Crippen molar-refractivity contribution in [2.45, 2.75) is 51.7 Å². The van der Waals surface area contributed by atoms with E-state index in [1.807, 2.05) is 35.1 Å². The van der Waals surface area contributed by atoms with Gasteiger partial charge in [0.15, 0.2) is 11.0 Å². The summed E-state index contributed by atoms with van der Waals surface area (Å²) < 4.78 is 7.33. The van der Waals surface area contributed by atoms with Crippen LogP contribution in [0.2, 0.25) is 0 Å². The van der Waals surface area contributed by atoms with E-state index in [9.17, 15) is 4.79 Å². The Bertz CT molecular complexity index is 1050. The van der Waals surface area contributed by atoms with Gasteiger partial charge in [0.05, 0.1) is 23.4 Å². The summed E-state index contributed by atoms with van der Waals surface area (Å²) in [5, 5.41) is 9.55. The van der Waals surface area contributed by atoms with Gasteiger partial charge < -0.3 is 13.9 Å². The van der Waals surface area contributed by atoms with Gasteiger partial charge in [-0.3, -0.25) is 4.79 Å². The molecule has 8 heteroatoms. The van der Waals surface area contributed by atoms with Gasteiger partial charge in [-0.15, -0.1) is 21.5 Å². The fraction of sp³-hybridized carbons (Fsp3) is 0.522. The van der Waals surface area contributed by atoms with Crippen LogP contribution in [0.5, 0.6) is 0 Å². The number of thioether (sulfide) groups is 1. The predicted octanol–water partition coefficient (Wildman–Crippen LogP) is 5.04. The molecule has 166 valence electrons. The Hall–Kier alpha value is -2.06. The molecule has 6 nitrogen and oxygen atoms in total. The third kappa shape index (κ3) is 4.90. The van der Waals surface area contributed by atoms with Crippen molar-refractivity contribution in [3.8, 4) is 10.7 Å². The first-order chi connectivity index (χ1) is 14.7. The molecule has 0 radical (unpaired) electrons. The lowest BCUT2D eigenvalue weighted by atomic mass is 9.72. The average Bonchev–Trinajstić information content (AvgIpc) is 3.44. The lowest BCUT2D eigenvalue weighted by molar-refractivity contribution is -0.127. The highest BCUT2D eigenvalue weighted by molar-refractivity contribution is 7.99. The molecule has 0 N–H and O–H groups in total. The second-order valence-electron chi connectivity index (χ2n) is 9.35. The Morgan fingerprint density at radius 3 is 2.90 bits per heavy atom. The van der Waals surface area contributed by atoms with Gasteiger partial charge in [-0.05, 0) is 54.4 Å². The van der Waals surface area contributed by atoms with Crippen molar-refractivity contribution in [3.05, 3.63) is 40.7 Å². The zero-order valence-electron chi connectivity index (χ0n) is 18.8. The van der Waals surface area contributed by atoms with Crippen molar-refractivity contribution in [3.63, 3.8) is 0 Å². The summed E-state index contributed by atoms with van der Waals surface area (Å²) in [5.41, 5.74) is 1.81. The van der Waals surface area contributed by atoms with Crippen molar-refractivity contribution >= 4 is 29.0 Å². The molecule has 0 aromatic carbocycles. The number of aryl methyl sites for hydroxylation is 1. The lowest BCUT2D eigenvalue weighted by Gasteiger charge is -2.33. The molecule has 0 saturated heterocycles. The molecule has 1 aliphatic carbocycles. The Morgan fingerprint density at radius 2 is 2.19 bits per heavy atom. The molecule has 3 aromatic heterocycles. The van der Waals surface area contributed by atoms with Gasteiger partial charge in [0, 0.05) is 19.0 Å². The van der Waals surface area contributed by atoms with Crippen LogP contribution in [0.3, 0.4) is 0 Å². The Morgan fingerprint density at radius 1 is 1.39 bits per heavy atom. The smallest absolute Gasteiger partial charge is 0.233 e. The quantitative estimate of drug-likeness (QED) is 0.484. The first-order valence-corrected chi connectivity index (χ1v) is 12.4. The number of rotatable bonds is 6. The molecule has 0 saturated carbocycles. The largest absolute Gasteiger partial charge is 0.467 e. The molecule has 0 aliphatic heterocycles. The van der Waals surface area contributed by atoms with E-state index in [1.165, 1.54) is 33.5 Å². The van der Waals surface area contributed by atoms with Gasteiger partial charge in [0.25, 0.3) is 0 Å². The third-order valence-electron chi connectivity index (χ3n) is 6.09. The van der Waals surface area contributed by atoms with Crippen LogP contribution < -0.4 is 0 Å². The fourth-order valence-electron chi connectivity index (χ4n) is 3.99. The number of thiophene rings is 1. The van der Waals surface area contributed by atoms with Crippen molar-refractivity contribution in [1.82, 2.24) is 19.7 Å². The third-order valence-corrected chi connectivity index (χ3v) is 8.32. The molecule has 1 atom stereocenters. The number of aromatic nitrogens is 3. The van der Waals surface area contributed by atoms with Gasteiger partial charge in [0.2, 0.25) is 5.91 Å². The maximum absolute atomic E-state index is 12.5. The summed E-state index contributed by atoms with van der Waals surface area (Å²) in [6.07, 6.45) is 5.17. The summed E-state index contributed by atoms with van der Waals surface area (Å²) in [7, 11) is 3.76. The molecule has 3 aromatic rings. The molecule has 0 spiro atoms. The number of furan rings is 1. The number of nitrogens with zero attached hydrogens (tertiary/aromatic N) is 4. The van der Waals surface area contributed by atoms with Crippen LogP contribution >= 0.6 is 23.1 Å². The summed E-state index contributed by atoms with van der Waals surface area (Å²) in [4.78, 5) is 16.8. The minimum absolute atomic E-state index is 0.0331. The first kappa shape index (κ1) is 22.1. The minimum Gasteiger partial charge on any atom is -0.467 e. The van der Waals surface area contributed by atoms with Crippen LogP contribution in [0, 0.1) is 11.3 Å². The van der Waals surface area contributed by atoms with Crippen LogP contribution in [0.25, 0.3) is 10.7 Å². The fourth-order valence-corrected chi connectivity index (χ4v) is 6.07. The number of carbonyl (C=O) groups is 1. The zero-order chi connectivity index (χ0) is 22.2. The van der Waals surface area contributed by atoms with E-state index in [-0.39, 0.29) is 5.91 Å². The van der Waals surface area contributed by atoms with Gasteiger partial charge in [-0.25, -0.2) is 0 Å². The topological polar surface area (TPSA) is 64.2 Å². The van der Waals surface area contributed by atoms with Gasteiger partial charge >= 0.3 is 0 Å². The van der Waals surface area contributed by atoms with E-state index in [0.717, 1.165) is 35.5 Å². The van der Waals surface area contributed by atoms with Crippen LogP contribution in [0.4, 0.5) is 0 Å². The number of hydrogen-bond donors (Lipinski definition) is 0. The Balaban J connectivity index is 1.41. The van der Waals surface area contributed by atoms with Crippen LogP contribution in [0.15, 0.2) is 34.0 Å². The first-order valence-electron chi connectivity index (χ1n) is 10.6. The zero-order valence-corrected chi connectivity index (χ0v) is 20.5. The predicted molar refractivity (Wildman–Crippen MR) is 125 cm³/mol. The molecule has 0 fully saturated rings. The number of carbonyl (C=O) groups excluding carboxylic acids is 1. The van der Waals surface area contributed by atoms with Gasteiger partial charge in [-0.1, -0.05) is 32.5 Å². The van der Waals surface area contributed by atoms with Crippen molar-refractivity contribution in [2.75, 3.05) is 12.8 Å². The van der Waals surface area contributed by atoms with Crippen LogP contribution in [-0.4, -0.2) is 38.4 Å². The van der Waals surface area contributed by atoms with E-state index < -0.39 is 0 Å². The highest BCUT2D eigenvalue weighted by Gasteiger charge is 2.30. The molecular weight excluding hydrogens is 428 g/mol. The van der Waals surface area contributed by atoms with E-state index in [4.69, 9.17) is 4.42 Å². The normalized spacial score (nSPS) is 16.4. The van der Waals surface area contributed by atoms with Crippen LogP contribution in [-0.2, 0) is 31.2 Å². The standard InChI is InChI=1S/C23H30N4O2S2/c1-23(2,3)16-8-9-18-15(11-16)12-19(31-18)21-24-25-22(27(21)5)30-14-20(28)26(4)13-17-7-6-10-29-17/h6-7,10,12,16H,8-9,11,13-14H2,1-5H3/t16-/m1/s1. The maximum Gasteiger partial charge on any atom is 0.233 e. The molecule has 4 rings (SSSR count). The molecule has 1 amide bonds. The Kier molecular flexibility index (Phi) is 6.30. The van der Waals surface area contributed by atoms with Crippen LogP contribution in [0.1, 0.15) is 43.4 Å². The molecule has 0 unspecified atom stereocenters. The van der Waals surface area contributed by atoms with E-state index in [1.54, 1.807) is 18.2 Å². The van der Waals surface area contributed by atoms with E-state index >= 15 is 0 Å². The summed E-state index contributed by atoms with van der Waals surface area (Å²) in [6, 6.07) is 6.00. The molecule has 3 heterocycles. The van der Waals surface area contributed by atoms with E-state index in [0.29, 0.717) is 17.7 Å². The summed E-state index contributed by atoms with van der Waals surface area (Å²) in [6.45, 7) is 7.49. The highest BCUT2D eigenvalue weighted by atomic mass is 32.2. The summed E-state index contributed by atoms with van der Waals surface area (Å²) >= 11 is 3.26. The summed E-state index contributed by atoms with van der Waals surface area (Å²) in [5.74, 6) is 2.72. The molecular formula is C23H30N4O2S2. The molecule has 1 aliphatic rings. The molecule has 31 heavy (non-hydrogen) atoms. The lowest BCUT2D eigenvalue weighted by Crippen LogP contribution is -2.27. The average molecular weight is 459 g/mol. The number of hydrogen-bond acceptors (Lipinski definition) is 6. The second kappa shape index (κ2) is 8.82. The number of amides is 1. The highest BCUT2D eigenvalue weighted by Crippen LogP contribution is 2.42. The maximum atomic E-state index is 12.5. The number of fused-ring (bicyclic) bond motifs is 1. The SMILES string of the molecule is CN(Cc1ccco1)C(=O)CSc1nnc(-c2cc3c(s2)CC[C@@H](C(C)(C)C)C3)n1C. The Labute approximate surface area is 192 Å². The molecule has 0 bridgehead atoms. The van der Waals surface area contributed by atoms with Crippen molar-refractivity contribution in [2.24, 2.45) is 18.4 Å². The minimum atomic E-state index is 0.0331. The van der Waals surface area contributed by atoms with Gasteiger partial charge in [-0.2, -0.15) is 0 Å². The van der Waals surface area contributed by atoms with Crippen molar-refractivity contribution in [1.29, 1.82) is 0 Å².